The summed E-state index contributed by atoms with van der Waals surface area (Å²) in [6, 6.07) is 13.6. The number of aryl methyl sites for hydroxylation is 1. The van der Waals surface area contributed by atoms with Crippen LogP contribution in [0.5, 0.6) is 5.75 Å². The Hall–Kier alpha value is -2.59. The molecule has 23 heavy (non-hydrogen) atoms. The zero-order chi connectivity index (χ0) is 16.4. The van der Waals surface area contributed by atoms with E-state index in [-0.39, 0.29) is 0 Å². The highest BCUT2D eigenvalue weighted by Crippen LogP contribution is 2.30. The number of benzene rings is 2. The van der Waals surface area contributed by atoms with E-state index in [9.17, 15) is 5.11 Å². The van der Waals surface area contributed by atoms with Gasteiger partial charge < -0.3 is 14.8 Å². The minimum absolute atomic E-state index is 0.527. The number of aromatic amines is 1. The standard InChI is InChI=1S/C19H20N2O2/c1-12-7-6-9-14(13(12)2)18(22)19-20-11-16(21-19)15-8-4-5-10-17(15)23-3/h4-11,18,22H,1-3H3,(H,20,21). The molecule has 1 aromatic heterocycles. The lowest BCUT2D eigenvalue weighted by atomic mass is 9.99. The number of H-pyrrole nitrogens is 1. The van der Waals surface area contributed by atoms with E-state index in [4.69, 9.17) is 4.74 Å². The molecule has 2 aromatic carbocycles. The van der Waals surface area contributed by atoms with Gasteiger partial charge in [-0.25, -0.2) is 4.98 Å². The largest absolute Gasteiger partial charge is 0.496 e. The summed E-state index contributed by atoms with van der Waals surface area (Å²) in [5, 5.41) is 10.7. The Morgan fingerprint density at radius 3 is 2.65 bits per heavy atom. The molecule has 0 aliphatic carbocycles. The minimum Gasteiger partial charge on any atom is -0.496 e. The van der Waals surface area contributed by atoms with Gasteiger partial charge in [0, 0.05) is 5.56 Å². The van der Waals surface area contributed by atoms with Crippen LogP contribution in [0.3, 0.4) is 0 Å². The van der Waals surface area contributed by atoms with Crippen molar-refractivity contribution in [1.29, 1.82) is 0 Å². The number of rotatable bonds is 4. The van der Waals surface area contributed by atoms with E-state index >= 15 is 0 Å². The molecule has 0 spiro atoms. The van der Waals surface area contributed by atoms with Gasteiger partial charge in [-0.1, -0.05) is 30.3 Å². The first-order valence-electron chi connectivity index (χ1n) is 7.54. The second-order valence-corrected chi connectivity index (χ2v) is 5.57. The lowest BCUT2D eigenvalue weighted by Gasteiger charge is -2.13. The quantitative estimate of drug-likeness (QED) is 0.771. The van der Waals surface area contributed by atoms with Crippen molar-refractivity contribution >= 4 is 0 Å². The van der Waals surface area contributed by atoms with Crippen molar-refractivity contribution in [3.8, 4) is 17.0 Å². The van der Waals surface area contributed by atoms with Crippen LogP contribution in [0.4, 0.5) is 0 Å². The van der Waals surface area contributed by atoms with Gasteiger partial charge in [-0.3, -0.25) is 0 Å². The number of imidazole rings is 1. The number of aliphatic hydroxyl groups excluding tert-OH is 1. The minimum atomic E-state index is -0.779. The van der Waals surface area contributed by atoms with Crippen molar-refractivity contribution in [2.75, 3.05) is 7.11 Å². The number of hydrogen-bond donors (Lipinski definition) is 2. The van der Waals surface area contributed by atoms with Crippen molar-refractivity contribution < 1.29 is 9.84 Å². The van der Waals surface area contributed by atoms with Gasteiger partial charge in [0.2, 0.25) is 0 Å². The molecule has 1 unspecified atom stereocenters. The summed E-state index contributed by atoms with van der Waals surface area (Å²) in [6.45, 7) is 4.05. The first-order valence-corrected chi connectivity index (χ1v) is 7.54. The van der Waals surface area contributed by atoms with Crippen LogP contribution in [0.2, 0.25) is 0 Å². The molecule has 0 saturated heterocycles. The molecule has 3 aromatic rings. The number of nitrogens with one attached hydrogen (secondary N) is 1. The first-order chi connectivity index (χ1) is 11.1. The topological polar surface area (TPSA) is 58.1 Å². The summed E-state index contributed by atoms with van der Waals surface area (Å²) in [6.07, 6.45) is 0.944. The molecule has 3 rings (SSSR count). The molecular formula is C19H20N2O2. The number of ether oxygens (including phenoxy) is 1. The van der Waals surface area contributed by atoms with Crippen LogP contribution in [-0.2, 0) is 0 Å². The highest BCUT2D eigenvalue weighted by molar-refractivity contribution is 5.66. The zero-order valence-electron chi connectivity index (χ0n) is 13.5. The van der Waals surface area contributed by atoms with E-state index in [1.807, 2.05) is 56.3 Å². The molecule has 2 N–H and O–H groups in total. The van der Waals surface area contributed by atoms with E-state index < -0.39 is 6.10 Å². The van der Waals surface area contributed by atoms with Gasteiger partial charge in [0.15, 0.2) is 0 Å². The van der Waals surface area contributed by atoms with Crippen LogP contribution in [0.15, 0.2) is 48.7 Å². The van der Waals surface area contributed by atoms with Crippen LogP contribution in [-0.4, -0.2) is 22.2 Å². The Balaban J connectivity index is 1.97. The predicted molar refractivity (Wildman–Crippen MR) is 90.6 cm³/mol. The van der Waals surface area contributed by atoms with Crippen LogP contribution in [0.1, 0.15) is 28.6 Å². The Morgan fingerprint density at radius 1 is 1.09 bits per heavy atom. The molecule has 1 heterocycles. The molecule has 0 saturated carbocycles. The summed E-state index contributed by atoms with van der Waals surface area (Å²) in [4.78, 5) is 7.56. The molecule has 0 amide bonds. The van der Waals surface area contributed by atoms with Crippen LogP contribution >= 0.6 is 0 Å². The van der Waals surface area contributed by atoms with E-state index in [0.717, 1.165) is 33.7 Å². The number of aliphatic hydroxyl groups is 1. The number of nitrogens with zero attached hydrogens (tertiary/aromatic N) is 1. The predicted octanol–water partition coefficient (Wildman–Crippen LogP) is 3.78. The fraction of sp³-hybridized carbons (Fsp3) is 0.211. The third kappa shape index (κ3) is 2.85. The van der Waals surface area contributed by atoms with Gasteiger partial charge in [0.05, 0.1) is 19.0 Å². The first kappa shape index (κ1) is 15.3. The monoisotopic (exact) mass is 308 g/mol. The van der Waals surface area contributed by atoms with Gasteiger partial charge in [0.1, 0.15) is 17.7 Å². The van der Waals surface area contributed by atoms with E-state index in [1.165, 1.54) is 0 Å². The summed E-state index contributed by atoms with van der Waals surface area (Å²) in [7, 11) is 1.64. The summed E-state index contributed by atoms with van der Waals surface area (Å²) in [5.41, 5.74) is 4.84. The molecular weight excluding hydrogens is 288 g/mol. The van der Waals surface area contributed by atoms with Gasteiger partial charge in [-0.05, 0) is 42.7 Å². The van der Waals surface area contributed by atoms with E-state index in [2.05, 4.69) is 9.97 Å². The highest BCUT2D eigenvalue weighted by Gasteiger charge is 2.18. The van der Waals surface area contributed by atoms with E-state index in [0.29, 0.717) is 5.82 Å². The van der Waals surface area contributed by atoms with Crippen molar-refractivity contribution in [1.82, 2.24) is 9.97 Å². The molecule has 1 atom stereocenters. The maximum atomic E-state index is 10.7. The van der Waals surface area contributed by atoms with Crippen LogP contribution < -0.4 is 4.74 Å². The number of methoxy groups -OCH3 is 1. The Morgan fingerprint density at radius 2 is 1.87 bits per heavy atom. The van der Waals surface area contributed by atoms with Crippen LogP contribution in [0.25, 0.3) is 11.3 Å². The molecule has 0 aliphatic heterocycles. The third-order valence-corrected chi connectivity index (χ3v) is 4.19. The zero-order valence-corrected chi connectivity index (χ0v) is 13.5. The maximum Gasteiger partial charge on any atom is 0.140 e. The van der Waals surface area contributed by atoms with Gasteiger partial charge >= 0.3 is 0 Å². The van der Waals surface area contributed by atoms with Crippen molar-refractivity contribution in [2.45, 2.75) is 20.0 Å². The Labute approximate surface area is 135 Å². The van der Waals surface area contributed by atoms with Crippen LogP contribution in [0, 0.1) is 13.8 Å². The molecule has 4 nitrogen and oxygen atoms in total. The average molecular weight is 308 g/mol. The van der Waals surface area contributed by atoms with Gasteiger partial charge in [0.25, 0.3) is 0 Å². The Kier molecular flexibility index (Phi) is 4.17. The molecule has 0 aliphatic rings. The number of hydrogen-bond acceptors (Lipinski definition) is 3. The number of aromatic nitrogens is 2. The summed E-state index contributed by atoms with van der Waals surface area (Å²) >= 11 is 0. The molecule has 4 heteroatoms. The lowest BCUT2D eigenvalue weighted by Crippen LogP contribution is -2.05. The average Bonchev–Trinajstić information content (AvgIpc) is 3.06. The molecule has 0 fully saturated rings. The summed E-state index contributed by atoms with van der Waals surface area (Å²) in [5.74, 6) is 1.29. The van der Waals surface area contributed by atoms with Gasteiger partial charge in [-0.2, -0.15) is 0 Å². The smallest absolute Gasteiger partial charge is 0.140 e. The normalized spacial score (nSPS) is 12.2. The molecule has 0 radical (unpaired) electrons. The third-order valence-electron chi connectivity index (χ3n) is 4.19. The SMILES string of the molecule is COc1ccccc1-c1cnc(C(O)c2cccc(C)c2C)[nH]1. The molecule has 0 bridgehead atoms. The lowest BCUT2D eigenvalue weighted by molar-refractivity contribution is 0.210. The fourth-order valence-corrected chi connectivity index (χ4v) is 2.70. The van der Waals surface area contributed by atoms with Crippen molar-refractivity contribution in [3.63, 3.8) is 0 Å². The Bertz CT molecular complexity index is 824. The van der Waals surface area contributed by atoms with Crippen molar-refractivity contribution in [2.24, 2.45) is 0 Å². The number of para-hydroxylation sites is 1. The maximum absolute atomic E-state index is 10.7. The molecule has 118 valence electrons. The fourth-order valence-electron chi connectivity index (χ4n) is 2.70. The van der Waals surface area contributed by atoms with E-state index in [1.54, 1.807) is 13.3 Å². The summed E-state index contributed by atoms with van der Waals surface area (Å²) < 4.78 is 5.38. The second kappa shape index (κ2) is 6.26. The van der Waals surface area contributed by atoms with Crippen molar-refractivity contribution in [3.05, 3.63) is 71.2 Å². The highest BCUT2D eigenvalue weighted by atomic mass is 16.5. The second-order valence-electron chi connectivity index (χ2n) is 5.57. The van der Waals surface area contributed by atoms with Gasteiger partial charge in [-0.15, -0.1) is 0 Å².